The third-order valence-corrected chi connectivity index (χ3v) is 8.44. The lowest BCUT2D eigenvalue weighted by molar-refractivity contribution is -0.168. The second-order valence-corrected chi connectivity index (χ2v) is 9.31. The van der Waals surface area contributed by atoms with Gasteiger partial charge in [-0.05, 0) is 85.9 Å². The monoisotopic (exact) mass is 292 g/mol. The average Bonchev–Trinajstić information content (AvgIpc) is 2.82. The summed E-state index contributed by atoms with van der Waals surface area (Å²) in [5.41, 5.74) is 0.895. The van der Waals surface area contributed by atoms with Crippen molar-refractivity contribution in [1.29, 1.82) is 0 Å². The van der Waals surface area contributed by atoms with Gasteiger partial charge in [-0.3, -0.25) is 0 Å². The molecule has 0 spiro atoms. The zero-order valence-electron chi connectivity index (χ0n) is 13.7. The fourth-order valence-electron chi connectivity index (χ4n) is 7.19. The summed E-state index contributed by atoms with van der Waals surface area (Å²) in [6.07, 6.45) is 10.6. The van der Waals surface area contributed by atoms with E-state index in [4.69, 9.17) is 0 Å². The number of aliphatic hydroxyl groups is 2. The molecule has 4 aliphatic carbocycles. The number of hydrogen-bond donors (Lipinski definition) is 2. The van der Waals surface area contributed by atoms with Crippen LogP contribution in [0.5, 0.6) is 0 Å². The molecule has 0 aromatic heterocycles. The van der Waals surface area contributed by atoms with Crippen LogP contribution >= 0.6 is 0 Å². The summed E-state index contributed by atoms with van der Waals surface area (Å²) in [5, 5.41) is 21.0. The molecule has 21 heavy (non-hydrogen) atoms. The van der Waals surface area contributed by atoms with Crippen LogP contribution in [0.15, 0.2) is 0 Å². The van der Waals surface area contributed by atoms with Crippen LogP contribution in [0.1, 0.15) is 71.6 Å². The van der Waals surface area contributed by atoms with Gasteiger partial charge in [0.2, 0.25) is 0 Å². The normalized spacial score (nSPS) is 60.0. The predicted octanol–water partition coefficient (Wildman–Crippen LogP) is 3.75. The molecular formula is C19H32O2. The lowest BCUT2D eigenvalue weighted by atomic mass is 9.44. The van der Waals surface area contributed by atoms with E-state index < -0.39 is 0 Å². The topological polar surface area (TPSA) is 40.5 Å². The van der Waals surface area contributed by atoms with Crippen molar-refractivity contribution in [1.82, 2.24) is 0 Å². The third kappa shape index (κ3) is 1.97. The first kappa shape index (κ1) is 14.5. The maximum atomic E-state index is 10.9. The van der Waals surface area contributed by atoms with E-state index in [1.807, 2.05) is 0 Å². The molecule has 0 aromatic rings. The zero-order valence-corrected chi connectivity index (χ0v) is 13.7. The molecule has 0 aromatic carbocycles. The molecule has 0 aliphatic heterocycles. The van der Waals surface area contributed by atoms with Gasteiger partial charge in [-0.15, -0.1) is 0 Å². The van der Waals surface area contributed by atoms with Gasteiger partial charge in [-0.2, -0.15) is 0 Å². The second-order valence-electron chi connectivity index (χ2n) is 9.31. The Balaban J connectivity index is 1.67. The van der Waals surface area contributed by atoms with Crippen LogP contribution < -0.4 is 0 Å². The van der Waals surface area contributed by atoms with Gasteiger partial charge in [-0.1, -0.05) is 20.3 Å². The fraction of sp³-hybridized carbons (Fsp3) is 1.00. The molecular weight excluding hydrogens is 260 g/mol. The largest absolute Gasteiger partial charge is 0.393 e. The van der Waals surface area contributed by atoms with E-state index in [9.17, 15) is 10.2 Å². The van der Waals surface area contributed by atoms with E-state index in [1.54, 1.807) is 0 Å². The standard InChI is InChI=1S/C19H32O2/c1-18-7-3-4-14(18)17-15(6-8-18)19(2)9-5-13(20)10-12(19)11-16(17)21/h12-17,20-21H,3-11H2,1-2H3/t12-,13+,14-,15-,16-,17-,18-,19-/m0/s1. The molecule has 2 N–H and O–H groups in total. The molecule has 0 bridgehead atoms. The summed E-state index contributed by atoms with van der Waals surface area (Å²) in [4.78, 5) is 0. The lowest BCUT2D eigenvalue weighted by Crippen LogP contribution is -2.57. The Morgan fingerprint density at radius 2 is 1.67 bits per heavy atom. The Morgan fingerprint density at radius 3 is 2.48 bits per heavy atom. The maximum Gasteiger partial charge on any atom is 0.0577 e. The SMILES string of the molecule is C[C@@]12CCC[C@H]1[C@@H]1[C@@H](O)C[C@@H]3C[C@H](O)CC[C@]3(C)[C@H]1CC2. The van der Waals surface area contributed by atoms with Crippen molar-refractivity contribution in [3.8, 4) is 0 Å². The van der Waals surface area contributed by atoms with E-state index in [-0.39, 0.29) is 12.2 Å². The summed E-state index contributed by atoms with van der Waals surface area (Å²) in [7, 11) is 0. The number of fused-ring (bicyclic) bond motifs is 5. The molecule has 0 unspecified atom stereocenters. The highest BCUT2D eigenvalue weighted by molar-refractivity contribution is 5.09. The summed E-state index contributed by atoms with van der Waals surface area (Å²) < 4.78 is 0. The van der Waals surface area contributed by atoms with E-state index in [1.165, 1.54) is 38.5 Å². The molecule has 4 rings (SSSR count). The van der Waals surface area contributed by atoms with E-state index in [0.717, 1.165) is 25.2 Å². The van der Waals surface area contributed by atoms with Crippen LogP contribution in [0.3, 0.4) is 0 Å². The van der Waals surface area contributed by atoms with Crippen LogP contribution in [-0.2, 0) is 0 Å². The summed E-state index contributed by atoms with van der Waals surface area (Å²) in [6.45, 7) is 4.98. The van der Waals surface area contributed by atoms with Crippen molar-refractivity contribution in [3.63, 3.8) is 0 Å². The van der Waals surface area contributed by atoms with Crippen molar-refractivity contribution >= 4 is 0 Å². The number of aliphatic hydroxyl groups excluding tert-OH is 2. The van der Waals surface area contributed by atoms with Gasteiger partial charge >= 0.3 is 0 Å². The van der Waals surface area contributed by atoms with Crippen LogP contribution in [0.4, 0.5) is 0 Å². The van der Waals surface area contributed by atoms with Crippen LogP contribution in [0.2, 0.25) is 0 Å². The molecule has 0 amide bonds. The van der Waals surface area contributed by atoms with Gasteiger partial charge in [0.1, 0.15) is 0 Å². The molecule has 0 radical (unpaired) electrons. The molecule has 120 valence electrons. The highest BCUT2D eigenvalue weighted by Gasteiger charge is 2.60. The van der Waals surface area contributed by atoms with Gasteiger partial charge in [0.15, 0.2) is 0 Å². The number of hydrogen-bond acceptors (Lipinski definition) is 2. The van der Waals surface area contributed by atoms with Crippen molar-refractivity contribution in [2.24, 2.45) is 34.5 Å². The van der Waals surface area contributed by atoms with Gasteiger partial charge < -0.3 is 10.2 Å². The van der Waals surface area contributed by atoms with Gasteiger partial charge in [-0.25, -0.2) is 0 Å². The average molecular weight is 292 g/mol. The Labute approximate surface area is 129 Å². The second kappa shape index (κ2) is 4.71. The summed E-state index contributed by atoms with van der Waals surface area (Å²) in [5.74, 6) is 2.55. The fourth-order valence-corrected chi connectivity index (χ4v) is 7.19. The smallest absolute Gasteiger partial charge is 0.0577 e. The van der Waals surface area contributed by atoms with Crippen molar-refractivity contribution in [2.75, 3.05) is 0 Å². The predicted molar refractivity (Wildman–Crippen MR) is 83.7 cm³/mol. The number of rotatable bonds is 0. The van der Waals surface area contributed by atoms with Gasteiger partial charge in [0, 0.05) is 0 Å². The summed E-state index contributed by atoms with van der Waals surface area (Å²) in [6, 6.07) is 0. The summed E-state index contributed by atoms with van der Waals surface area (Å²) >= 11 is 0. The van der Waals surface area contributed by atoms with Gasteiger partial charge in [0.25, 0.3) is 0 Å². The molecule has 8 atom stereocenters. The maximum absolute atomic E-state index is 10.9. The molecule has 0 heterocycles. The van der Waals surface area contributed by atoms with Crippen LogP contribution in [-0.4, -0.2) is 22.4 Å². The molecule has 4 saturated carbocycles. The highest BCUT2D eigenvalue weighted by atomic mass is 16.3. The first-order valence-corrected chi connectivity index (χ1v) is 9.30. The molecule has 4 aliphatic rings. The van der Waals surface area contributed by atoms with Crippen LogP contribution in [0, 0.1) is 34.5 Å². The van der Waals surface area contributed by atoms with Crippen LogP contribution in [0.25, 0.3) is 0 Å². The lowest BCUT2D eigenvalue weighted by Gasteiger charge is -2.61. The Bertz CT molecular complexity index is 422. The Hall–Kier alpha value is -0.0800. The Morgan fingerprint density at radius 1 is 0.857 bits per heavy atom. The third-order valence-electron chi connectivity index (χ3n) is 8.44. The first-order valence-electron chi connectivity index (χ1n) is 9.30. The van der Waals surface area contributed by atoms with E-state index in [2.05, 4.69) is 13.8 Å². The molecule has 2 heteroatoms. The minimum atomic E-state index is -0.118. The zero-order chi connectivity index (χ0) is 14.8. The Kier molecular flexibility index (Phi) is 3.25. The quantitative estimate of drug-likeness (QED) is 0.714. The van der Waals surface area contributed by atoms with Crippen molar-refractivity contribution in [3.05, 3.63) is 0 Å². The van der Waals surface area contributed by atoms with E-state index >= 15 is 0 Å². The van der Waals surface area contributed by atoms with Gasteiger partial charge in [0.05, 0.1) is 12.2 Å². The molecule has 4 fully saturated rings. The minimum absolute atomic E-state index is 0.110. The van der Waals surface area contributed by atoms with E-state index in [0.29, 0.717) is 28.6 Å². The van der Waals surface area contributed by atoms with Crippen molar-refractivity contribution in [2.45, 2.75) is 83.8 Å². The highest BCUT2D eigenvalue weighted by Crippen LogP contribution is 2.66. The minimum Gasteiger partial charge on any atom is -0.393 e. The molecule has 2 nitrogen and oxygen atoms in total. The first-order chi connectivity index (χ1) is 9.94. The van der Waals surface area contributed by atoms with Crippen molar-refractivity contribution < 1.29 is 10.2 Å². The molecule has 0 saturated heterocycles.